The molecule has 1 amide bonds. The van der Waals surface area contributed by atoms with Crippen molar-refractivity contribution in [2.45, 2.75) is 51.0 Å². The number of esters is 1. The third kappa shape index (κ3) is 3.57. The molecule has 3 aromatic rings. The number of amides is 1. The second-order valence-corrected chi connectivity index (χ2v) is 10.5. The lowest BCUT2D eigenvalue weighted by atomic mass is 9.57. The maximum absolute atomic E-state index is 13.9. The summed E-state index contributed by atoms with van der Waals surface area (Å²) >= 11 is 3.50. The molecule has 3 aliphatic rings. The van der Waals surface area contributed by atoms with Crippen LogP contribution in [0.1, 0.15) is 54.6 Å². The van der Waals surface area contributed by atoms with Crippen LogP contribution in [-0.4, -0.2) is 29.1 Å². The van der Waals surface area contributed by atoms with Crippen LogP contribution in [0, 0.1) is 12.3 Å². The summed E-state index contributed by atoms with van der Waals surface area (Å²) in [6.45, 7) is 1.82. The highest BCUT2D eigenvalue weighted by atomic mass is 79.9. The van der Waals surface area contributed by atoms with E-state index in [1.54, 1.807) is 10.6 Å². The Kier molecular flexibility index (Phi) is 5.63. The Morgan fingerprint density at radius 2 is 1.62 bits per heavy atom. The monoisotopic (exact) mass is 522 g/mol. The third-order valence-electron chi connectivity index (χ3n) is 7.87. The van der Waals surface area contributed by atoms with E-state index in [1.165, 1.54) is 7.11 Å². The first-order valence-corrected chi connectivity index (χ1v) is 12.4. The van der Waals surface area contributed by atoms with E-state index in [-0.39, 0.29) is 23.0 Å². The first-order chi connectivity index (χ1) is 16.3. The van der Waals surface area contributed by atoms with Crippen molar-refractivity contribution >= 4 is 38.6 Å². The third-order valence-corrected chi connectivity index (χ3v) is 8.36. The summed E-state index contributed by atoms with van der Waals surface area (Å²) in [6, 6.07) is 14.8. The molecule has 0 saturated heterocycles. The molecule has 1 heterocycles. The molecule has 0 unspecified atom stereocenters. The predicted octanol–water partition coefficient (Wildman–Crippen LogP) is 5.06. The topological polar surface area (TPSA) is 77.4 Å². The number of aromatic nitrogens is 1. The van der Waals surface area contributed by atoms with Gasteiger partial charge in [0.05, 0.1) is 18.1 Å². The number of benzene rings is 2. The van der Waals surface area contributed by atoms with E-state index in [2.05, 4.69) is 21.2 Å². The molecule has 0 atom stereocenters. The van der Waals surface area contributed by atoms with Gasteiger partial charge in [-0.25, -0.2) is 0 Å². The molecule has 6 rings (SSSR count). The normalized spacial score (nSPS) is 23.6. The van der Waals surface area contributed by atoms with Crippen molar-refractivity contribution in [1.82, 2.24) is 9.88 Å². The summed E-state index contributed by atoms with van der Waals surface area (Å²) in [5.41, 5.74) is 0.927. The molecular formula is C27H27BrN2O4. The fourth-order valence-corrected chi connectivity index (χ4v) is 6.22. The average molecular weight is 523 g/mol. The van der Waals surface area contributed by atoms with E-state index >= 15 is 0 Å². The lowest BCUT2D eigenvalue weighted by Crippen LogP contribution is -2.58. The second kappa shape index (κ2) is 8.38. The highest BCUT2D eigenvalue weighted by molar-refractivity contribution is 9.10. The minimum Gasteiger partial charge on any atom is -0.469 e. The molecule has 6 nitrogen and oxygen atoms in total. The van der Waals surface area contributed by atoms with Crippen LogP contribution >= 0.6 is 15.9 Å². The van der Waals surface area contributed by atoms with Crippen LogP contribution in [0.4, 0.5) is 0 Å². The molecule has 1 aromatic heterocycles. The lowest BCUT2D eigenvalue weighted by molar-refractivity contribution is -0.160. The van der Waals surface area contributed by atoms with Gasteiger partial charge in [0.2, 0.25) is 0 Å². The Bertz CT molecular complexity index is 1340. The standard InChI is InChI=1S/C27H27BrN2O4/c1-17-22(23(31)29-27-13-10-26(11-14-27,12-15-27)25(33)34-2)21-16-18(28)8-9-20(21)24(32)30(17)19-6-4-3-5-7-19/h3-9,16H,10-15H2,1-2H3,(H,29,31). The van der Waals surface area contributed by atoms with E-state index in [4.69, 9.17) is 4.74 Å². The number of carbonyl (C=O) groups excluding carboxylic acids is 2. The smallest absolute Gasteiger partial charge is 0.311 e. The number of para-hydroxylation sites is 1. The highest BCUT2D eigenvalue weighted by Crippen LogP contribution is 2.53. The Labute approximate surface area is 206 Å². The van der Waals surface area contributed by atoms with Crippen molar-refractivity contribution in [2.75, 3.05) is 7.11 Å². The van der Waals surface area contributed by atoms with Gasteiger partial charge in [0.1, 0.15) is 0 Å². The molecule has 3 fully saturated rings. The first-order valence-electron chi connectivity index (χ1n) is 11.6. The largest absolute Gasteiger partial charge is 0.469 e. The van der Waals surface area contributed by atoms with Gasteiger partial charge in [-0.05, 0) is 75.8 Å². The Morgan fingerprint density at radius 3 is 2.24 bits per heavy atom. The Morgan fingerprint density at radius 1 is 0.971 bits per heavy atom. The number of ether oxygens (including phenoxy) is 1. The zero-order valence-corrected chi connectivity index (χ0v) is 20.9. The van der Waals surface area contributed by atoms with Gasteiger partial charge in [-0.2, -0.15) is 0 Å². The summed E-state index contributed by atoms with van der Waals surface area (Å²) in [4.78, 5) is 39.7. The van der Waals surface area contributed by atoms with Crippen LogP contribution < -0.4 is 10.9 Å². The molecule has 34 heavy (non-hydrogen) atoms. The Balaban J connectivity index is 1.58. The Hall–Kier alpha value is -2.93. The summed E-state index contributed by atoms with van der Waals surface area (Å²) in [6.07, 6.45) is 4.38. The zero-order chi connectivity index (χ0) is 24.1. The average Bonchev–Trinajstić information content (AvgIpc) is 2.85. The van der Waals surface area contributed by atoms with Gasteiger partial charge in [0.25, 0.3) is 11.5 Å². The van der Waals surface area contributed by atoms with Crippen molar-refractivity contribution in [3.8, 4) is 5.69 Å². The molecule has 2 aromatic carbocycles. The van der Waals surface area contributed by atoms with Crippen LogP contribution in [0.15, 0.2) is 57.8 Å². The minimum absolute atomic E-state index is 0.131. The van der Waals surface area contributed by atoms with Crippen molar-refractivity contribution in [3.63, 3.8) is 0 Å². The van der Waals surface area contributed by atoms with E-state index in [9.17, 15) is 14.4 Å². The summed E-state index contributed by atoms with van der Waals surface area (Å²) in [5.74, 6) is -0.313. The van der Waals surface area contributed by atoms with Crippen molar-refractivity contribution in [3.05, 3.63) is 74.6 Å². The van der Waals surface area contributed by atoms with Gasteiger partial charge in [-0.3, -0.25) is 19.0 Å². The molecule has 1 N–H and O–H groups in total. The molecule has 0 aliphatic heterocycles. The minimum atomic E-state index is -0.407. The number of nitrogens with zero attached hydrogens (tertiary/aromatic N) is 1. The number of hydrogen-bond donors (Lipinski definition) is 1. The first kappa shape index (κ1) is 22.8. The number of hydrogen-bond acceptors (Lipinski definition) is 4. The molecular weight excluding hydrogens is 496 g/mol. The van der Waals surface area contributed by atoms with Gasteiger partial charge in [-0.1, -0.05) is 34.1 Å². The van der Waals surface area contributed by atoms with E-state index < -0.39 is 5.41 Å². The van der Waals surface area contributed by atoms with Crippen LogP contribution in [0.25, 0.3) is 16.5 Å². The number of nitrogens with one attached hydrogen (secondary N) is 1. The van der Waals surface area contributed by atoms with Crippen molar-refractivity contribution in [2.24, 2.45) is 5.41 Å². The molecule has 0 radical (unpaired) electrons. The van der Waals surface area contributed by atoms with Gasteiger partial charge in [0.15, 0.2) is 0 Å². The van der Waals surface area contributed by atoms with E-state index in [1.807, 2.05) is 49.4 Å². The summed E-state index contributed by atoms with van der Waals surface area (Å²) < 4.78 is 7.50. The fraction of sp³-hybridized carbons (Fsp3) is 0.370. The van der Waals surface area contributed by atoms with Crippen LogP contribution in [0.2, 0.25) is 0 Å². The molecule has 3 saturated carbocycles. The molecule has 176 valence electrons. The number of carbonyl (C=O) groups is 2. The van der Waals surface area contributed by atoms with Crippen molar-refractivity contribution < 1.29 is 14.3 Å². The quantitative estimate of drug-likeness (QED) is 0.486. The van der Waals surface area contributed by atoms with E-state index in [0.717, 1.165) is 48.7 Å². The number of pyridine rings is 1. The maximum atomic E-state index is 13.9. The molecule has 0 spiro atoms. The highest BCUT2D eigenvalue weighted by Gasteiger charge is 2.53. The predicted molar refractivity (Wildman–Crippen MR) is 134 cm³/mol. The molecule has 7 heteroatoms. The second-order valence-electron chi connectivity index (χ2n) is 9.63. The van der Waals surface area contributed by atoms with Crippen molar-refractivity contribution in [1.29, 1.82) is 0 Å². The lowest BCUT2D eigenvalue weighted by Gasteiger charge is -2.52. The number of rotatable bonds is 4. The van der Waals surface area contributed by atoms with Gasteiger partial charge in [0, 0.05) is 32.2 Å². The van der Waals surface area contributed by atoms with Crippen LogP contribution in [0.3, 0.4) is 0 Å². The van der Waals surface area contributed by atoms with Gasteiger partial charge in [-0.15, -0.1) is 0 Å². The number of fused-ring (bicyclic) bond motifs is 4. The van der Waals surface area contributed by atoms with Crippen LogP contribution in [-0.2, 0) is 9.53 Å². The molecule has 2 bridgehead atoms. The maximum Gasteiger partial charge on any atom is 0.311 e. The summed E-state index contributed by atoms with van der Waals surface area (Å²) in [7, 11) is 1.45. The van der Waals surface area contributed by atoms with Gasteiger partial charge >= 0.3 is 5.97 Å². The fourth-order valence-electron chi connectivity index (χ4n) is 5.86. The van der Waals surface area contributed by atoms with Gasteiger partial charge < -0.3 is 10.1 Å². The van der Waals surface area contributed by atoms with Crippen LogP contribution in [0.5, 0.6) is 0 Å². The SMILES string of the molecule is COC(=O)C12CCC(NC(=O)c3c(C)n(-c4ccccc4)c(=O)c4ccc(Br)cc34)(CC1)CC2. The van der Waals surface area contributed by atoms with E-state index in [0.29, 0.717) is 22.0 Å². The number of halogens is 1. The molecule has 3 aliphatic carbocycles. The summed E-state index contributed by atoms with van der Waals surface area (Å²) in [5, 5.41) is 4.47. The zero-order valence-electron chi connectivity index (χ0n) is 19.3. The number of methoxy groups -OCH3 is 1.